The quantitative estimate of drug-likeness (QED) is 0.397. The molecular formula is C9H13BO2. The summed E-state index contributed by atoms with van der Waals surface area (Å²) in [5.41, 5.74) is 0. The van der Waals surface area contributed by atoms with Gasteiger partial charge in [-0.15, -0.1) is 0 Å². The van der Waals surface area contributed by atoms with Gasteiger partial charge in [0.2, 0.25) is 0 Å². The van der Waals surface area contributed by atoms with Crippen LogP contribution in [-0.2, 0) is 9.47 Å². The summed E-state index contributed by atoms with van der Waals surface area (Å²) in [6.07, 6.45) is 8.62. The van der Waals surface area contributed by atoms with Crippen LogP contribution in [0.4, 0.5) is 0 Å². The zero-order chi connectivity index (χ0) is 8.39. The van der Waals surface area contributed by atoms with Gasteiger partial charge in [-0.3, -0.25) is 0 Å². The zero-order valence-corrected chi connectivity index (χ0v) is 7.11. The Labute approximate surface area is 74.3 Å². The molecule has 1 fully saturated rings. The number of fused-ring (bicyclic) bond motifs is 1. The molecule has 2 unspecified atom stereocenters. The molecule has 0 aromatic heterocycles. The molecule has 0 amide bonds. The average Bonchev–Trinajstić information content (AvgIpc) is 2.32. The van der Waals surface area contributed by atoms with Crippen molar-refractivity contribution in [3.8, 4) is 0 Å². The Hall–Kier alpha value is -0.275. The molecule has 2 atom stereocenters. The van der Waals surface area contributed by atoms with Crippen LogP contribution in [-0.4, -0.2) is 26.2 Å². The standard InChI is InChI=1S/C9H13BO2/c10-9-11-7-5-3-1-2-4-6-8(7)12-9/h1-2,7-9H,3-6H2/b2-1+. The maximum absolute atomic E-state index is 5.53. The van der Waals surface area contributed by atoms with Crippen LogP contribution in [0, 0.1) is 0 Å². The van der Waals surface area contributed by atoms with Gasteiger partial charge in [-0.05, 0) is 25.7 Å². The molecule has 0 aromatic carbocycles. The van der Waals surface area contributed by atoms with Crippen LogP contribution < -0.4 is 0 Å². The van der Waals surface area contributed by atoms with Crippen molar-refractivity contribution in [3.63, 3.8) is 0 Å². The van der Waals surface area contributed by atoms with Crippen molar-refractivity contribution in [2.45, 2.75) is 44.1 Å². The maximum Gasteiger partial charge on any atom is 0.149 e. The van der Waals surface area contributed by atoms with Gasteiger partial charge in [0, 0.05) is 0 Å². The Morgan fingerprint density at radius 3 is 2.00 bits per heavy atom. The van der Waals surface area contributed by atoms with Crippen molar-refractivity contribution in [2.75, 3.05) is 0 Å². The highest BCUT2D eigenvalue weighted by Crippen LogP contribution is 2.26. The molecule has 0 aromatic rings. The molecule has 12 heavy (non-hydrogen) atoms. The first-order valence-corrected chi connectivity index (χ1v) is 4.58. The molecular weight excluding hydrogens is 151 g/mol. The number of hydrogen-bond acceptors (Lipinski definition) is 2. The van der Waals surface area contributed by atoms with E-state index in [0.717, 1.165) is 25.7 Å². The van der Waals surface area contributed by atoms with Crippen molar-refractivity contribution in [1.29, 1.82) is 0 Å². The smallest absolute Gasteiger partial charge is 0.149 e. The second-order valence-electron chi connectivity index (χ2n) is 3.34. The topological polar surface area (TPSA) is 18.5 Å². The number of rotatable bonds is 0. The average molecular weight is 164 g/mol. The summed E-state index contributed by atoms with van der Waals surface area (Å²) in [6, 6.07) is 0. The molecule has 0 bridgehead atoms. The van der Waals surface area contributed by atoms with E-state index in [1.165, 1.54) is 0 Å². The highest BCUT2D eigenvalue weighted by atomic mass is 16.7. The Balaban J connectivity index is 1.98. The van der Waals surface area contributed by atoms with Crippen LogP contribution >= 0.6 is 0 Å². The van der Waals surface area contributed by atoms with Gasteiger partial charge in [0.05, 0.1) is 12.2 Å². The van der Waals surface area contributed by atoms with Crippen LogP contribution in [0.3, 0.4) is 0 Å². The molecule has 2 nitrogen and oxygen atoms in total. The molecule has 2 rings (SSSR count). The third-order valence-corrected chi connectivity index (χ3v) is 2.43. The van der Waals surface area contributed by atoms with Gasteiger partial charge in [0.1, 0.15) is 14.0 Å². The van der Waals surface area contributed by atoms with E-state index in [9.17, 15) is 0 Å². The molecule has 1 saturated heterocycles. The molecule has 1 aliphatic heterocycles. The highest BCUT2D eigenvalue weighted by Gasteiger charge is 2.32. The number of hydrogen-bond donors (Lipinski definition) is 0. The fourth-order valence-corrected chi connectivity index (χ4v) is 1.82. The van der Waals surface area contributed by atoms with E-state index in [-0.39, 0.29) is 12.2 Å². The van der Waals surface area contributed by atoms with Crippen LogP contribution in [0.1, 0.15) is 25.7 Å². The summed E-state index contributed by atoms with van der Waals surface area (Å²) in [6.45, 7) is 0. The first kappa shape index (κ1) is 8.33. The predicted molar refractivity (Wildman–Crippen MR) is 46.9 cm³/mol. The van der Waals surface area contributed by atoms with Crippen LogP contribution in [0.2, 0.25) is 0 Å². The number of allylic oxidation sites excluding steroid dienone is 2. The summed E-state index contributed by atoms with van der Waals surface area (Å²) < 4.78 is 10.8. The summed E-state index contributed by atoms with van der Waals surface area (Å²) in [7, 11) is 5.53. The monoisotopic (exact) mass is 164 g/mol. The zero-order valence-electron chi connectivity index (χ0n) is 7.11. The Morgan fingerprint density at radius 2 is 1.50 bits per heavy atom. The van der Waals surface area contributed by atoms with Crippen molar-refractivity contribution >= 4 is 7.85 Å². The molecule has 64 valence electrons. The van der Waals surface area contributed by atoms with Gasteiger partial charge >= 0.3 is 0 Å². The SMILES string of the molecule is [B]C1OC2CC/C=C/CCC2O1. The lowest BCUT2D eigenvalue weighted by Gasteiger charge is -2.16. The Morgan fingerprint density at radius 1 is 1.00 bits per heavy atom. The largest absolute Gasteiger partial charge is 0.356 e. The van der Waals surface area contributed by atoms with E-state index >= 15 is 0 Å². The fraction of sp³-hybridized carbons (Fsp3) is 0.778. The van der Waals surface area contributed by atoms with Crippen LogP contribution in [0.25, 0.3) is 0 Å². The molecule has 1 heterocycles. The molecule has 0 N–H and O–H groups in total. The minimum atomic E-state index is -0.488. The minimum Gasteiger partial charge on any atom is -0.356 e. The maximum atomic E-state index is 5.53. The van der Waals surface area contributed by atoms with Gasteiger partial charge in [0.15, 0.2) is 0 Å². The van der Waals surface area contributed by atoms with Crippen molar-refractivity contribution in [1.82, 2.24) is 0 Å². The summed E-state index contributed by atoms with van der Waals surface area (Å²) >= 11 is 0. The lowest BCUT2D eigenvalue weighted by atomic mass is 10.0. The van der Waals surface area contributed by atoms with E-state index < -0.39 is 6.19 Å². The normalized spacial score (nSPS) is 44.5. The van der Waals surface area contributed by atoms with Crippen molar-refractivity contribution in [3.05, 3.63) is 12.2 Å². The third kappa shape index (κ3) is 1.72. The lowest BCUT2D eigenvalue weighted by molar-refractivity contribution is -0.00270. The first-order valence-electron chi connectivity index (χ1n) is 4.58. The predicted octanol–water partition coefficient (Wildman–Crippen LogP) is 1.35. The van der Waals surface area contributed by atoms with Gasteiger partial charge < -0.3 is 9.47 Å². The van der Waals surface area contributed by atoms with E-state index in [1.54, 1.807) is 0 Å². The van der Waals surface area contributed by atoms with E-state index in [1.807, 2.05) is 0 Å². The van der Waals surface area contributed by atoms with E-state index in [4.69, 9.17) is 17.3 Å². The second-order valence-corrected chi connectivity index (χ2v) is 3.34. The van der Waals surface area contributed by atoms with Gasteiger partial charge in [-0.25, -0.2) is 0 Å². The summed E-state index contributed by atoms with van der Waals surface area (Å²) in [5.74, 6) is 0. The summed E-state index contributed by atoms with van der Waals surface area (Å²) in [5, 5.41) is 0. The molecule has 0 spiro atoms. The first-order chi connectivity index (χ1) is 5.86. The van der Waals surface area contributed by atoms with E-state index in [2.05, 4.69) is 12.2 Å². The van der Waals surface area contributed by atoms with Gasteiger partial charge in [0.25, 0.3) is 0 Å². The van der Waals surface area contributed by atoms with Gasteiger partial charge in [-0.2, -0.15) is 0 Å². The van der Waals surface area contributed by atoms with Gasteiger partial charge in [-0.1, -0.05) is 12.2 Å². The molecule has 2 radical (unpaired) electrons. The Bertz CT molecular complexity index is 163. The van der Waals surface area contributed by atoms with Crippen molar-refractivity contribution in [2.24, 2.45) is 0 Å². The highest BCUT2D eigenvalue weighted by molar-refractivity contribution is 6.10. The lowest BCUT2D eigenvalue weighted by Crippen LogP contribution is -2.22. The van der Waals surface area contributed by atoms with E-state index in [0.29, 0.717) is 0 Å². The number of ether oxygens (including phenoxy) is 2. The summed E-state index contributed by atoms with van der Waals surface area (Å²) in [4.78, 5) is 0. The Kier molecular flexibility index (Phi) is 2.52. The molecule has 1 aliphatic carbocycles. The van der Waals surface area contributed by atoms with Crippen LogP contribution in [0.15, 0.2) is 12.2 Å². The third-order valence-electron chi connectivity index (χ3n) is 2.43. The van der Waals surface area contributed by atoms with Crippen LogP contribution in [0.5, 0.6) is 0 Å². The molecule has 2 aliphatic rings. The second kappa shape index (κ2) is 3.63. The van der Waals surface area contributed by atoms with Crippen molar-refractivity contribution < 1.29 is 9.47 Å². The molecule has 0 saturated carbocycles. The molecule has 3 heteroatoms. The fourth-order valence-electron chi connectivity index (χ4n) is 1.82. The minimum absolute atomic E-state index is 0.227.